The van der Waals surface area contributed by atoms with Gasteiger partial charge in [-0.2, -0.15) is 0 Å². The maximum atomic E-state index is 12.5. The second kappa shape index (κ2) is 8.19. The van der Waals surface area contributed by atoms with Crippen molar-refractivity contribution >= 4 is 40.6 Å². The van der Waals surface area contributed by atoms with Gasteiger partial charge in [-0.1, -0.05) is 41.6 Å². The van der Waals surface area contributed by atoms with Gasteiger partial charge in [0.1, 0.15) is 6.33 Å². The molecule has 0 aliphatic rings. The predicted octanol–water partition coefficient (Wildman–Crippen LogP) is 3.95. The molecule has 3 aromatic rings. The molecule has 1 N–H and O–H groups in total. The zero-order valence-electron chi connectivity index (χ0n) is 14.1. The highest BCUT2D eigenvalue weighted by atomic mass is 35.5. The van der Waals surface area contributed by atoms with E-state index in [1.54, 1.807) is 17.8 Å². The summed E-state index contributed by atoms with van der Waals surface area (Å²) < 4.78 is 1.77. The number of amides is 1. The van der Waals surface area contributed by atoms with Crippen molar-refractivity contribution in [3.63, 3.8) is 0 Å². The molecule has 0 aliphatic carbocycles. The molecular formula is C17H14ClN5O3S. The van der Waals surface area contributed by atoms with E-state index in [-0.39, 0.29) is 22.3 Å². The molecule has 1 atom stereocenters. The van der Waals surface area contributed by atoms with E-state index in [9.17, 15) is 14.9 Å². The Bertz CT molecular complexity index is 980. The van der Waals surface area contributed by atoms with Crippen LogP contribution in [0.2, 0.25) is 5.02 Å². The van der Waals surface area contributed by atoms with Crippen molar-refractivity contribution in [3.8, 4) is 5.69 Å². The molecule has 27 heavy (non-hydrogen) atoms. The lowest BCUT2D eigenvalue weighted by Crippen LogP contribution is -2.23. The normalized spacial score (nSPS) is 11.8. The maximum Gasteiger partial charge on any atom is 0.271 e. The van der Waals surface area contributed by atoms with Gasteiger partial charge in [-0.05, 0) is 25.1 Å². The van der Waals surface area contributed by atoms with E-state index >= 15 is 0 Å². The lowest BCUT2D eigenvalue weighted by atomic mass is 10.2. The minimum atomic E-state index is -0.549. The van der Waals surface area contributed by atoms with Crippen molar-refractivity contribution < 1.29 is 9.72 Å². The number of rotatable bonds is 6. The van der Waals surface area contributed by atoms with Crippen LogP contribution in [-0.2, 0) is 4.79 Å². The molecule has 1 aromatic heterocycles. The molecule has 1 unspecified atom stereocenters. The number of non-ortho nitro benzene ring substituents is 1. The van der Waals surface area contributed by atoms with E-state index < -0.39 is 10.2 Å². The molecule has 1 amide bonds. The van der Waals surface area contributed by atoms with Gasteiger partial charge in [0.05, 0.1) is 20.9 Å². The Kier molecular flexibility index (Phi) is 5.72. The molecule has 0 saturated heterocycles. The zero-order chi connectivity index (χ0) is 19.4. The van der Waals surface area contributed by atoms with Crippen LogP contribution in [0.4, 0.5) is 11.4 Å². The number of nitro benzene ring substituents is 1. The van der Waals surface area contributed by atoms with Crippen LogP contribution in [0, 0.1) is 10.1 Å². The fourth-order valence-corrected chi connectivity index (χ4v) is 3.25. The summed E-state index contributed by atoms with van der Waals surface area (Å²) >= 11 is 7.24. The van der Waals surface area contributed by atoms with E-state index in [2.05, 4.69) is 15.5 Å². The number of nitrogens with one attached hydrogen (secondary N) is 1. The van der Waals surface area contributed by atoms with E-state index in [0.717, 1.165) is 5.69 Å². The first-order valence-corrected chi connectivity index (χ1v) is 9.08. The molecule has 0 saturated carbocycles. The van der Waals surface area contributed by atoms with Gasteiger partial charge in [0.2, 0.25) is 5.91 Å². The lowest BCUT2D eigenvalue weighted by molar-refractivity contribution is -0.384. The standard InChI is InChI=1S/C17H14ClN5O3S/c1-11(16(24)20-15-9-13(23(25)26)7-8-14(15)18)27-17-21-19-10-22(17)12-5-3-2-4-6-12/h2-11H,1H3,(H,20,24). The second-order valence-electron chi connectivity index (χ2n) is 5.49. The van der Waals surface area contributed by atoms with Crippen LogP contribution in [-0.4, -0.2) is 30.8 Å². The number of anilines is 1. The highest BCUT2D eigenvalue weighted by Gasteiger charge is 2.20. The molecule has 0 bridgehead atoms. The number of thioether (sulfide) groups is 1. The Morgan fingerprint density at radius 2 is 2.04 bits per heavy atom. The van der Waals surface area contributed by atoms with Crippen LogP contribution in [0.1, 0.15) is 6.92 Å². The Labute approximate surface area is 163 Å². The molecule has 0 fully saturated rings. The van der Waals surface area contributed by atoms with E-state index in [1.807, 2.05) is 30.3 Å². The molecule has 0 aliphatic heterocycles. The Balaban J connectivity index is 1.74. The van der Waals surface area contributed by atoms with Gasteiger partial charge in [0.25, 0.3) is 5.69 Å². The van der Waals surface area contributed by atoms with Gasteiger partial charge in [-0.15, -0.1) is 10.2 Å². The first-order valence-electron chi connectivity index (χ1n) is 7.82. The average molecular weight is 404 g/mol. The number of nitrogens with zero attached hydrogens (tertiary/aromatic N) is 4. The summed E-state index contributed by atoms with van der Waals surface area (Å²) in [6.07, 6.45) is 1.57. The first-order chi connectivity index (χ1) is 13.0. The van der Waals surface area contributed by atoms with E-state index in [1.165, 1.54) is 30.0 Å². The fourth-order valence-electron chi connectivity index (χ4n) is 2.24. The van der Waals surface area contributed by atoms with E-state index in [0.29, 0.717) is 5.16 Å². The van der Waals surface area contributed by atoms with Crippen molar-refractivity contribution in [3.05, 3.63) is 70.0 Å². The Hall–Kier alpha value is -2.91. The van der Waals surface area contributed by atoms with Crippen LogP contribution in [0.25, 0.3) is 5.69 Å². The van der Waals surface area contributed by atoms with Crippen LogP contribution in [0.5, 0.6) is 0 Å². The monoisotopic (exact) mass is 403 g/mol. The quantitative estimate of drug-likeness (QED) is 0.379. The molecule has 0 radical (unpaired) electrons. The number of carbonyl (C=O) groups excluding carboxylic acids is 1. The van der Waals surface area contributed by atoms with Crippen LogP contribution in [0.3, 0.4) is 0 Å². The largest absolute Gasteiger partial charge is 0.324 e. The third-order valence-electron chi connectivity index (χ3n) is 3.62. The summed E-state index contributed by atoms with van der Waals surface area (Å²) in [6, 6.07) is 13.4. The van der Waals surface area contributed by atoms with Gasteiger partial charge in [0, 0.05) is 17.8 Å². The number of hydrogen-bond acceptors (Lipinski definition) is 6. The molecule has 2 aromatic carbocycles. The number of aromatic nitrogens is 3. The third-order valence-corrected chi connectivity index (χ3v) is 5.01. The van der Waals surface area contributed by atoms with Crippen LogP contribution in [0.15, 0.2) is 60.0 Å². The smallest absolute Gasteiger partial charge is 0.271 e. The molecule has 3 rings (SSSR count). The molecule has 1 heterocycles. The van der Waals surface area contributed by atoms with Gasteiger partial charge in [-0.25, -0.2) is 0 Å². The number of halogens is 1. The molecule has 138 valence electrons. The summed E-state index contributed by atoms with van der Waals surface area (Å²) in [5.74, 6) is -0.356. The Morgan fingerprint density at radius 3 is 2.74 bits per heavy atom. The minimum Gasteiger partial charge on any atom is -0.324 e. The molecule has 10 heteroatoms. The average Bonchev–Trinajstić information content (AvgIpc) is 3.12. The summed E-state index contributed by atoms with van der Waals surface area (Å²) in [6.45, 7) is 1.70. The Morgan fingerprint density at radius 1 is 1.30 bits per heavy atom. The summed E-state index contributed by atoms with van der Waals surface area (Å²) in [4.78, 5) is 22.8. The van der Waals surface area contributed by atoms with Gasteiger partial charge < -0.3 is 5.32 Å². The minimum absolute atomic E-state index is 0.154. The number of hydrogen-bond donors (Lipinski definition) is 1. The van der Waals surface area contributed by atoms with Crippen molar-refractivity contribution in [2.45, 2.75) is 17.3 Å². The fraction of sp³-hybridized carbons (Fsp3) is 0.118. The van der Waals surface area contributed by atoms with Gasteiger partial charge in [-0.3, -0.25) is 19.5 Å². The highest BCUT2D eigenvalue weighted by Crippen LogP contribution is 2.29. The van der Waals surface area contributed by atoms with Gasteiger partial charge >= 0.3 is 0 Å². The first kappa shape index (κ1) is 18.9. The number of carbonyl (C=O) groups is 1. The van der Waals surface area contributed by atoms with Crippen LogP contribution >= 0.6 is 23.4 Å². The van der Waals surface area contributed by atoms with Crippen molar-refractivity contribution in [2.75, 3.05) is 5.32 Å². The summed E-state index contributed by atoms with van der Waals surface area (Å²) in [5, 5.41) is 21.7. The molecule has 8 nitrogen and oxygen atoms in total. The number of para-hydroxylation sites is 1. The summed E-state index contributed by atoms with van der Waals surface area (Å²) in [5.41, 5.74) is 0.908. The predicted molar refractivity (Wildman–Crippen MR) is 103 cm³/mol. The number of benzene rings is 2. The SMILES string of the molecule is CC(Sc1nncn1-c1ccccc1)C(=O)Nc1cc([N+](=O)[O-])ccc1Cl. The third kappa shape index (κ3) is 4.44. The molecule has 0 spiro atoms. The van der Waals surface area contributed by atoms with E-state index in [4.69, 9.17) is 11.6 Å². The lowest BCUT2D eigenvalue weighted by Gasteiger charge is -2.13. The van der Waals surface area contributed by atoms with Crippen LogP contribution < -0.4 is 5.32 Å². The van der Waals surface area contributed by atoms with Crippen molar-refractivity contribution in [1.29, 1.82) is 0 Å². The van der Waals surface area contributed by atoms with Crippen molar-refractivity contribution in [2.24, 2.45) is 0 Å². The van der Waals surface area contributed by atoms with Gasteiger partial charge in [0.15, 0.2) is 5.16 Å². The summed E-state index contributed by atoms with van der Waals surface area (Å²) in [7, 11) is 0. The maximum absolute atomic E-state index is 12.5. The second-order valence-corrected chi connectivity index (χ2v) is 7.20. The molecular weight excluding hydrogens is 390 g/mol. The topological polar surface area (TPSA) is 103 Å². The number of nitro groups is 1. The van der Waals surface area contributed by atoms with Crippen molar-refractivity contribution in [1.82, 2.24) is 14.8 Å². The zero-order valence-corrected chi connectivity index (χ0v) is 15.6. The highest BCUT2D eigenvalue weighted by molar-refractivity contribution is 8.00.